The Morgan fingerprint density at radius 3 is 2.89 bits per heavy atom. The van der Waals surface area contributed by atoms with Crippen molar-refractivity contribution in [1.29, 1.82) is 0 Å². The molecule has 19 heavy (non-hydrogen) atoms. The fraction of sp³-hybridized carbons (Fsp3) is 0.231. The van der Waals surface area contributed by atoms with Crippen LogP contribution in [-0.2, 0) is 17.8 Å². The van der Waals surface area contributed by atoms with E-state index in [-0.39, 0.29) is 0 Å². The molecule has 98 valence electrons. The SMILES string of the molecule is Clc1ccc(Br)cc1-c1nc(Cl)c2c(n1)CCOC2. The van der Waals surface area contributed by atoms with Crippen LogP contribution in [0, 0.1) is 0 Å². The summed E-state index contributed by atoms with van der Waals surface area (Å²) in [4.78, 5) is 8.89. The molecule has 1 aliphatic heterocycles. The van der Waals surface area contributed by atoms with E-state index in [1.54, 1.807) is 6.07 Å². The Hall–Kier alpha value is -0.680. The zero-order chi connectivity index (χ0) is 13.4. The van der Waals surface area contributed by atoms with Gasteiger partial charge >= 0.3 is 0 Å². The third-order valence-electron chi connectivity index (χ3n) is 2.94. The highest BCUT2D eigenvalue weighted by atomic mass is 79.9. The average Bonchev–Trinajstić information content (AvgIpc) is 2.41. The number of hydrogen-bond donors (Lipinski definition) is 0. The average molecular weight is 360 g/mol. The lowest BCUT2D eigenvalue weighted by atomic mass is 10.1. The first kappa shape index (κ1) is 13.3. The predicted molar refractivity (Wildman–Crippen MR) is 78.5 cm³/mol. The van der Waals surface area contributed by atoms with E-state index in [4.69, 9.17) is 27.9 Å². The van der Waals surface area contributed by atoms with Crippen LogP contribution < -0.4 is 0 Å². The van der Waals surface area contributed by atoms with Crippen LogP contribution in [0.4, 0.5) is 0 Å². The van der Waals surface area contributed by atoms with Gasteiger partial charge in [0, 0.05) is 22.0 Å². The summed E-state index contributed by atoms with van der Waals surface area (Å²) in [6.45, 7) is 1.13. The van der Waals surface area contributed by atoms with Gasteiger partial charge in [0.15, 0.2) is 5.82 Å². The summed E-state index contributed by atoms with van der Waals surface area (Å²) in [6, 6.07) is 5.57. The highest BCUT2D eigenvalue weighted by molar-refractivity contribution is 9.10. The van der Waals surface area contributed by atoms with Crippen molar-refractivity contribution in [1.82, 2.24) is 9.97 Å². The van der Waals surface area contributed by atoms with Crippen LogP contribution in [-0.4, -0.2) is 16.6 Å². The summed E-state index contributed by atoms with van der Waals surface area (Å²) in [5, 5.41) is 1.04. The molecule has 0 amide bonds. The molecule has 2 heterocycles. The lowest BCUT2D eigenvalue weighted by molar-refractivity contribution is 0.109. The van der Waals surface area contributed by atoms with Gasteiger partial charge in [-0.2, -0.15) is 0 Å². The Labute approximate surface area is 129 Å². The van der Waals surface area contributed by atoms with Crippen molar-refractivity contribution in [3.05, 3.63) is 44.1 Å². The monoisotopic (exact) mass is 358 g/mol. The molecule has 1 aromatic carbocycles. The second-order valence-electron chi connectivity index (χ2n) is 4.19. The van der Waals surface area contributed by atoms with Gasteiger partial charge in [-0.05, 0) is 18.2 Å². The summed E-state index contributed by atoms with van der Waals surface area (Å²) < 4.78 is 6.29. The largest absolute Gasteiger partial charge is 0.376 e. The maximum atomic E-state index is 6.20. The number of benzene rings is 1. The fourth-order valence-electron chi connectivity index (χ4n) is 1.98. The molecule has 3 rings (SSSR count). The Bertz CT molecular complexity index is 649. The van der Waals surface area contributed by atoms with Gasteiger partial charge in [-0.1, -0.05) is 39.1 Å². The van der Waals surface area contributed by atoms with E-state index >= 15 is 0 Å². The van der Waals surface area contributed by atoms with Crippen molar-refractivity contribution in [3.8, 4) is 11.4 Å². The maximum absolute atomic E-state index is 6.20. The maximum Gasteiger partial charge on any atom is 0.162 e. The third kappa shape index (κ3) is 2.63. The molecule has 0 spiro atoms. The zero-order valence-electron chi connectivity index (χ0n) is 9.79. The number of ether oxygens (including phenoxy) is 1. The van der Waals surface area contributed by atoms with Crippen LogP contribution in [0.3, 0.4) is 0 Å². The third-order valence-corrected chi connectivity index (χ3v) is 4.08. The molecule has 0 radical (unpaired) electrons. The molecular formula is C13H9BrCl2N2O. The molecule has 3 nitrogen and oxygen atoms in total. The fourth-order valence-corrected chi connectivity index (χ4v) is 2.79. The van der Waals surface area contributed by atoms with Gasteiger partial charge in [0.1, 0.15) is 5.15 Å². The summed E-state index contributed by atoms with van der Waals surface area (Å²) in [5.74, 6) is 0.553. The first-order chi connectivity index (χ1) is 9.15. The van der Waals surface area contributed by atoms with Crippen molar-refractivity contribution < 1.29 is 4.74 Å². The summed E-state index contributed by atoms with van der Waals surface area (Å²) in [5.41, 5.74) is 2.59. The zero-order valence-corrected chi connectivity index (χ0v) is 12.9. The van der Waals surface area contributed by atoms with Gasteiger partial charge in [0.05, 0.1) is 23.9 Å². The van der Waals surface area contributed by atoms with Crippen LogP contribution in [0.15, 0.2) is 22.7 Å². The van der Waals surface area contributed by atoms with Crippen molar-refractivity contribution >= 4 is 39.1 Å². The van der Waals surface area contributed by atoms with Gasteiger partial charge < -0.3 is 4.74 Å². The first-order valence-electron chi connectivity index (χ1n) is 5.73. The molecule has 0 bridgehead atoms. The van der Waals surface area contributed by atoms with Crippen LogP contribution in [0.2, 0.25) is 10.2 Å². The molecule has 0 saturated carbocycles. The summed E-state index contributed by atoms with van der Waals surface area (Å²) >= 11 is 15.8. The molecule has 0 fully saturated rings. The number of rotatable bonds is 1. The van der Waals surface area contributed by atoms with E-state index in [1.807, 2.05) is 12.1 Å². The first-order valence-corrected chi connectivity index (χ1v) is 7.28. The minimum atomic E-state index is 0.441. The minimum absolute atomic E-state index is 0.441. The van der Waals surface area contributed by atoms with Gasteiger partial charge in [-0.15, -0.1) is 0 Å². The number of fused-ring (bicyclic) bond motifs is 1. The van der Waals surface area contributed by atoms with Crippen LogP contribution in [0.5, 0.6) is 0 Å². The van der Waals surface area contributed by atoms with Gasteiger partial charge in [-0.3, -0.25) is 0 Å². The molecule has 1 aromatic heterocycles. The van der Waals surface area contributed by atoms with Crippen LogP contribution in [0.1, 0.15) is 11.3 Å². The van der Waals surface area contributed by atoms with Gasteiger partial charge in [-0.25, -0.2) is 9.97 Å². The standard InChI is InChI=1S/C13H9BrCl2N2O/c14-7-1-2-10(15)8(5-7)13-17-11-3-4-19-6-9(11)12(16)18-13/h1-2,5H,3-4,6H2. The second kappa shape index (κ2) is 5.37. The quantitative estimate of drug-likeness (QED) is 0.712. The van der Waals surface area contributed by atoms with E-state index in [9.17, 15) is 0 Å². The van der Waals surface area contributed by atoms with E-state index in [0.29, 0.717) is 29.2 Å². The van der Waals surface area contributed by atoms with E-state index < -0.39 is 0 Å². The number of nitrogens with zero attached hydrogens (tertiary/aromatic N) is 2. The van der Waals surface area contributed by atoms with Gasteiger partial charge in [0.2, 0.25) is 0 Å². The normalized spacial score (nSPS) is 14.3. The topological polar surface area (TPSA) is 35.0 Å². The Kier molecular flexibility index (Phi) is 3.76. The van der Waals surface area contributed by atoms with E-state index in [0.717, 1.165) is 27.7 Å². The second-order valence-corrected chi connectivity index (χ2v) is 5.87. The highest BCUT2D eigenvalue weighted by Gasteiger charge is 2.18. The Morgan fingerprint density at radius 1 is 1.21 bits per heavy atom. The lowest BCUT2D eigenvalue weighted by Crippen LogP contribution is -2.14. The Balaban J connectivity index is 2.15. The number of hydrogen-bond acceptors (Lipinski definition) is 3. The summed E-state index contributed by atoms with van der Waals surface area (Å²) in [6.07, 6.45) is 0.746. The van der Waals surface area contributed by atoms with E-state index in [1.165, 1.54) is 0 Å². The molecule has 0 saturated heterocycles. The van der Waals surface area contributed by atoms with Crippen molar-refractivity contribution in [2.75, 3.05) is 6.61 Å². The minimum Gasteiger partial charge on any atom is -0.376 e. The summed E-state index contributed by atoms with van der Waals surface area (Å²) in [7, 11) is 0. The number of aromatic nitrogens is 2. The van der Waals surface area contributed by atoms with Crippen LogP contribution >= 0.6 is 39.1 Å². The molecule has 0 aliphatic carbocycles. The predicted octanol–water partition coefficient (Wildman–Crippen LogP) is 4.29. The molecule has 0 N–H and O–H groups in total. The smallest absolute Gasteiger partial charge is 0.162 e. The molecule has 0 unspecified atom stereocenters. The van der Waals surface area contributed by atoms with E-state index in [2.05, 4.69) is 25.9 Å². The molecular weight excluding hydrogens is 351 g/mol. The highest BCUT2D eigenvalue weighted by Crippen LogP contribution is 2.31. The molecule has 2 aromatic rings. The van der Waals surface area contributed by atoms with Gasteiger partial charge in [0.25, 0.3) is 0 Å². The van der Waals surface area contributed by atoms with Crippen molar-refractivity contribution in [2.24, 2.45) is 0 Å². The molecule has 0 atom stereocenters. The van der Waals surface area contributed by atoms with Crippen molar-refractivity contribution in [2.45, 2.75) is 13.0 Å². The Morgan fingerprint density at radius 2 is 2.05 bits per heavy atom. The molecule has 1 aliphatic rings. The van der Waals surface area contributed by atoms with Crippen molar-refractivity contribution in [3.63, 3.8) is 0 Å². The lowest BCUT2D eigenvalue weighted by Gasteiger charge is -2.17. The molecule has 6 heteroatoms. The van der Waals surface area contributed by atoms with Crippen LogP contribution in [0.25, 0.3) is 11.4 Å². The number of halogens is 3.